The predicted molar refractivity (Wildman–Crippen MR) is 97.8 cm³/mol. The highest BCUT2D eigenvalue weighted by Gasteiger charge is 2.35. The second-order valence-electron chi connectivity index (χ2n) is 6.53. The summed E-state index contributed by atoms with van der Waals surface area (Å²) >= 11 is 0. The molecule has 0 spiro atoms. The number of amides is 1. The molecule has 1 amide bonds. The van der Waals surface area contributed by atoms with Crippen LogP contribution in [-0.2, 0) is 17.8 Å². The fourth-order valence-corrected chi connectivity index (χ4v) is 3.68. The number of nitrogens with zero attached hydrogens (tertiary/aromatic N) is 2. The van der Waals surface area contributed by atoms with Gasteiger partial charge >= 0.3 is 5.97 Å². The molecule has 6 heteroatoms. The lowest BCUT2D eigenvalue weighted by Gasteiger charge is -2.15. The molecule has 2 heterocycles. The third-order valence-corrected chi connectivity index (χ3v) is 4.94. The van der Waals surface area contributed by atoms with Crippen LogP contribution in [0.25, 0.3) is 10.9 Å². The molecule has 0 atom stereocenters. The third-order valence-electron chi connectivity index (χ3n) is 4.94. The van der Waals surface area contributed by atoms with Crippen LogP contribution in [0.1, 0.15) is 37.4 Å². The standard InChI is InChI=1S/C21H17FN2O3/c1-12-17-16(18(21(26)27-2)15-4-3-9-23-19(12)15)11-24(20(17)25)10-13-5-7-14(22)8-6-13/h3-9H,10-11H2,1-2H3. The van der Waals surface area contributed by atoms with Crippen LogP contribution in [-0.4, -0.2) is 28.9 Å². The molecule has 0 bridgehead atoms. The van der Waals surface area contributed by atoms with Gasteiger partial charge in [-0.2, -0.15) is 0 Å². The highest BCUT2D eigenvalue weighted by molar-refractivity contribution is 6.13. The lowest BCUT2D eigenvalue weighted by molar-refractivity contribution is 0.0600. The van der Waals surface area contributed by atoms with Crippen molar-refractivity contribution in [2.45, 2.75) is 20.0 Å². The van der Waals surface area contributed by atoms with Crippen molar-refractivity contribution in [3.8, 4) is 0 Å². The van der Waals surface area contributed by atoms with Gasteiger partial charge in [-0.25, -0.2) is 9.18 Å². The number of hydrogen-bond acceptors (Lipinski definition) is 4. The molecule has 1 aliphatic rings. The van der Waals surface area contributed by atoms with Gasteiger partial charge in [0.15, 0.2) is 0 Å². The minimum atomic E-state index is -0.485. The summed E-state index contributed by atoms with van der Waals surface area (Å²) in [4.78, 5) is 31.6. The summed E-state index contributed by atoms with van der Waals surface area (Å²) in [7, 11) is 1.32. The van der Waals surface area contributed by atoms with E-state index in [2.05, 4.69) is 4.98 Å². The number of ether oxygens (including phenoxy) is 1. The molecular formula is C21H17FN2O3. The quantitative estimate of drug-likeness (QED) is 0.666. The maximum Gasteiger partial charge on any atom is 0.338 e. The Morgan fingerprint density at radius 1 is 1.26 bits per heavy atom. The summed E-state index contributed by atoms with van der Waals surface area (Å²) in [6, 6.07) is 9.61. The summed E-state index contributed by atoms with van der Waals surface area (Å²) < 4.78 is 18.1. The van der Waals surface area contributed by atoms with Crippen LogP contribution in [0.2, 0.25) is 0 Å². The normalized spacial score (nSPS) is 13.1. The van der Waals surface area contributed by atoms with E-state index in [-0.39, 0.29) is 11.7 Å². The number of rotatable bonds is 3. The first-order valence-corrected chi connectivity index (χ1v) is 8.53. The molecule has 0 saturated carbocycles. The van der Waals surface area contributed by atoms with Gasteiger partial charge in [0.05, 0.1) is 23.8 Å². The van der Waals surface area contributed by atoms with Crippen molar-refractivity contribution < 1.29 is 18.7 Å². The van der Waals surface area contributed by atoms with Gasteiger partial charge in [-0.1, -0.05) is 18.2 Å². The molecule has 3 aromatic rings. The molecule has 27 heavy (non-hydrogen) atoms. The van der Waals surface area contributed by atoms with E-state index < -0.39 is 5.97 Å². The number of carbonyl (C=O) groups excluding carboxylic acids is 2. The van der Waals surface area contributed by atoms with Crippen LogP contribution in [0.5, 0.6) is 0 Å². The van der Waals surface area contributed by atoms with Crippen molar-refractivity contribution in [3.05, 3.63) is 76.2 Å². The molecule has 0 N–H and O–H groups in total. The Balaban J connectivity index is 1.84. The molecule has 0 saturated heterocycles. The van der Waals surface area contributed by atoms with Gasteiger partial charge in [0.2, 0.25) is 0 Å². The minimum absolute atomic E-state index is 0.162. The molecule has 0 radical (unpaired) electrons. The first-order valence-electron chi connectivity index (χ1n) is 8.53. The highest BCUT2D eigenvalue weighted by Crippen LogP contribution is 2.36. The number of halogens is 1. The monoisotopic (exact) mass is 364 g/mol. The summed E-state index contributed by atoms with van der Waals surface area (Å²) in [5.74, 6) is -0.971. The molecule has 0 fully saturated rings. The lowest BCUT2D eigenvalue weighted by Crippen LogP contribution is -2.23. The van der Waals surface area contributed by atoms with Crippen molar-refractivity contribution in [2.24, 2.45) is 0 Å². The van der Waals surface area contributed by atoms with Crippen molar-refractivity contribution >= 4 is 22.8 Å². The average Bonchev–Trinajstić information content (AvgIpc) is 3.00. The first-order chi connectivity index (χ1) is 13.0. The fraction of sp³-hybridized carbons (Fsp3) is 0.190. The second-order valence-corrected chi connectivity index (χ2v) is 6.53. The molecule has 136 valence electrons. The number of benzene rings is 2. The number of fused-ring (bicyclic) bond motifs is 2. The van der Waals surface area contributed by atoms with Crippen molar-refractivity contribution in [1.29, 1.82) is 0 Å². The first kappa shape index (κ1) is 17.1. The van der Waals surface area contributed by atoms with Gasteiger partial charge in [0, 0.05) is 24.7 Å². The Morgan fingerprint density at radius 2 is 2.00 bits per heavy atom. The van der Waals surface area contributed by atoms with Gasteiger partial charge in [-0.3, -0.25) is 9.78 Å². The maximum absolute atomic E-state index is 13.1. The van der Waals surface area contributed by atoms with E-state index >= 15 is 0 Å². The Bertz CT molecular complexity index is 1080. The Labute approximate surface area is 155 Å². The van der Waals surface area contributed by atoms with E-state index in [0.29, 0.717) is 40.7 Å². The van der Waals surface area contributed by atoms with Crippen LogP contribution >= 0.6 is 0 Å². The van der Waals surface area contributed by atoms with E-state index in [9.17, 15) is 14.0 Å². The van der Waals surface area contributed by atoms with Crippen LogP contribution in [0.15, 0.2) is 42.6 Å². The van der Waals surface area contributed by atoms with Gasteiger partial charge in [-0.05, 0) is 41.8 Å². The lowest BCUT2D eigenvalue weighted by atomic mass is 9.93. The van der Waals surface area contributed by atoms with E-state index in [1.165, 1.54) is 19.2 Å². The minimum Gasteiger partial charge on any atom is -0.465 e. The van der Waals surface area contributed by atoms with Crippen LogP contribution < -0.4 is 0 Å². The number of hydrogen-bond donors (Lipinski definition) is 0. The highest BCUT2D eigenvalue weighted by atomic mass is 19.1. The second kappa shape index (κ2) is 6.46. The summed E-state index contributed by atoms with van der Waals surface area (Å²) in [6.45, 7) is 2.47. The summed E-state index contributed by atoms with van der Waals surface area (Å²) in [5, 5.41) is 0.678. The number of aromatic nitrogens is 1. The number of methoxy groups -OCH3 is 1. The topological polar surface area (TPSA) is 59.5 Å². The van der Waals surface area contributed by atoms with Gasteiger partial charge in [0.25, 0.3) is 5.91 Å². The molecule has 1 aromatic heterocycles. The zero-order valence-electron chi connectivity index (χ0n) is 15.0. The number of aryl methyl sites for hydroxylation is 1. The number of pyridine rings is 1. The smallest absolute Gasteiger partial charge is 0.338 e. The largest absolute Gasteiger partial charge is 0.465 e. The van der Waals surface area contributed by atoms with E-state index in [1.807, 2.05) is 13.0 Å². The molecule has 5 nitrogen and oxygen atoms in total. The SMILES string of the molecule is COC(=O)c1c2c(c(C)c3ncccc13)C(=O)N(Cc1ccc(F)cc1)C2. The Kier molecular flexibility index (Phi) is 4.11. The number of esters is 1. The van der Waals surface area contributed by atoms with Crippen LogP contribution in [0.3, 0.4) is 0 Å². The third kappa shape index (κ3) is 2.73. The van der Waals surface area contributed by atoms with Crippen molar-refractivity contribution in [1.82, 2.24) is 9.88 Å². The zero-order chi connectivity index (χ0) is 19.1. The van der Waals surface area contributed by atoms with E-state index in [4.69, 9.17) is 4.74 Å². The van der Waals surface area contributed by atoms with Gasteiger partial charge < -0.3 is 9.64 Å². The molecule has 4 rings (SSSR count). The van der Waals surface area contributed by atoms with Gasteiger partial charge in [0.1, 0.15) is 5.82 Å². The molecule has 0 unspecified atom stereocenters. The molecular weight excluding hydrogens is 347 g/mol. The van der Waals surface area contributed by atoms with Crippen LogP contribution in [0.4, 0.5) is 4.39 Å². The van der Waals surface area contributed by atoms with Crippen LogP contribution in [0, 0.1) is 12.7 Å². The fourth-order valence-electron chi connectivity index (χ4n) is 3.68. The molecule has 1 aliphatic heterocycles. The number of carbonyl (C=O) groups is 2. The van der Waals surface area contributed by atoms with Crippen molar-refractivity contribution in [3.63, 3.8) is 0 Å². The van der Waals surface area contributed by atoms with E-state index in [0.717, 1.165) is 11.1 Å². The average molecular weight is 364 g/mol. The zero-order valence-corrected chi connectivity index (χ0v) is 15.0. The summed E-state index contributed by atoms with van der Waals surface area (Å²) in [5.41, 5.74) is 3.73. The van der Waals surface area contributed by atoms with Gasteiger partial charge in [-0.15, -0.1) is 0 Å². The summed E-state index contributed by atoms with van der Waals surface area (Å²) in [6.07, 6.45) is 1.64. The Hall–Kier alpha value is -3.28. The Morgan fingerprint density at radius 3 is 2.70 bits per heavy atom. The predicted octanol–water partition coefficient (Wildman–Crippen LogP) is 3.62. The molecule has 2 aromatic carbocycles. The maximum atomic E-state index is 13.1. The van der Waals surface area contributed by atoms with E-state index in [1.54, 1.807) is 29.3 Å². The molecule has 0 aliphatic carbocycles. The van der Waals surface area contributed by atoms with Crippen molar-refractivity contribution in [2.75, 3.05) is 7.11 Å².